The standard InChI is InChI=1S/C17H14FN5O3S/c18-11-3-5-12(6-4-11)21-9-14-20-22(17(26)23(14)16(21)25)10-15(24)19-8-13-2-1-7-27-13/h1-7H,8-10H2,(H,19,24). The third kappa shape index (κ3) is 3.26. The molecule has 1 N–H and O–H groups in total. The zero-order valence-corrected chi connectivity index (χ0v) is 14.8. The van der Waals surface area contributed by atoms with E-state index in [2.05, 4.69) is 10.4 Å². The summed E-state index contributed by atoms with van der Waals surface area (Å²) in [5.74, 6) is -0.551. The number of halogens is 1. The molecule has 1 aliphatic rings. The fourth-order valence-electron chi connectivity index (χ4n) is 2.79. The zero-order chi connectivity index (χ0) is 19.0. The van der Waals surface area contributed by atoms with Gasteiger partial charge in [0.25, 0.3) is 0 Å². The maximum Gasteiger partial charge on any atom is 0.354 e. The third-order valence-corrected chi connectivity index (χ3v) is 4.98. The quantitative estimate of drug-likeness (QED) is 0.719. The van der Waals surface area contributed by atoms with Crippen molar-refractivity contribution in [3.63, 3.8) is 0 Å². The Morgan fingerprint density at radius 1 is 1.22 bits per heavy atom. The van der Waals surface area contributed by atoms with E-state index < -0.39 is 17.5 Å². The van der Waals surface area contributed by atoms with E-state index in [0.717, 1.165) is 14.1 Å². The van der Waals surface area contributed by atoms with Gasteiger partial charge in [-0.3, -0.25) is 9.69 Å². The first-order chi connectivity index (χ1) is 13.0. The molecule has 0 fully saturated rings. The van der Waals surface area contributed by atoms with Gasteiger partial charge in [0.15, 0.2) is 5.82 Å². The maximum atomic E-state index is 13.1. The molecule has 138 valence electrons. The molecule has 2 amide bonds. The highest BCUT2D eigenvalue weighted by Crippen LogP contribution is 2.22. The van der Waals surface area contributed by atoms with Crippen LogP contribution in [0.5, 0.6) is 0 Å². The number of rotatable bonds is 5. The van der Waals surface area contributed by atoms with Crippen LogP contribution < -0.4 is 15.9 Å². The minimum Gasteiger partial charge on any atom is -0.350 e. The van der Waals surface area contributed by atoms with Crippen molar-refractivity contribution in [2.75, 3.05) is 4.90 Å². The van der Waals surface area contributed by atoms with Crippen LogP contribution in [0.15, 0.2) is 46.6 Å². The van der Waals surface area contributed by atoms with Crippen LogP contribution in [0, 0.1) is 5.82 Å². The van der Waals surface area contributed by atoms with Crippen LogP contribution in [0.2, 0.25) is 0 Å². The molecule has 1 aliphatic heterocycles. The van der Waals surface area contributed by atoms with E-state index in [4.69, 9.17) is 0 Å². The molecule has 1 aromatic carbocycles. The van der Waals surface area contributed by atoms with Crippen molar-refractivity contribution in [1.82, 2.24) is 19.7 Å². The molecule has 0 aliphatic carbocycles. The molecular formula is C17H14FN5O3S. The normalized spacial score (nSPS) is 13.1. The number of carbonyl (C=O) groups excluding carboxylic acids is 2. The van der Waals surface area contributed by atoms with E-state index in [9.17, 15) is 18.8 Å². The van der Waals surface area contributed by atoms with Crippen molar-refractivity contribution in [3.05, 3.63) is 68.8 Å². The number of benzene rings is 1. The molecule has 10 heteroatoms. The minimum absolute atomic E-state index is 0.0729. The van der Waals surface area contributed by atoms with Crippen molar-refractivity contribution < 1.29 is 14.0 Å². The average molecular weight is 387 g/mol. The molecule has 2 aromatic heterocycles. The summed E-state index contributed by atoms with van der Waals surface area (Å²) in [6.07, 6.45) is 0. The van der Waals surface area contributed by atoms with Crippen molar-refractivity contribution in [2.24, 2.45) is 0 Å². The number of amides is 2. The fourth-order valence-corrected chi connectivity index (χ4v) is 3.44. The summed E-state index contributed by atoms with van der Waals surface area (Å²) in [5.41, 5.74) is -0.211. The number of thiophene rings is 1. The lowest BCUT2D eigenvalue weighted by molar-refractivity contribution is -0.122. The lowest BCUT2D eigenvalue weighted by Crippen LogP contribution is -2.37. The predicted molar refractivity (Wildman–Crippen MR) is 96.0 cm³/mol. The van der Waals surface area contributed by atoms with Crippen molar-refractivity contribution in [2.45, 2.75) is 19.6 Å². The highest BCUT2D eigenvalue weighted by atomic mass is 32.1. The van der Waals surface area contributed by atoms with Gasteiger partial charge < -0.3 is 5.32 Å². The summed E-state index contributed by atoms with van der Waals surface area (Å²) in [6, 6.07) is 8.58. The summed E-state index contributed by atoms with van der Waals surface area (Å²) in [7, 11) is 0. The van der Waals surface area contributed by atoms with E-state index in [1.54, 1.807) is 0 Å². The highest BCUT2D eigenvalue weighted by Gasteiger charge is 2.33. The van der Waals surface area contributed by atoms with Crippen LogP contribution in [0.4, 0.5) is 14.9 Å². The van der Waals surface area contributed by atoms with Gasteiger partial charge in [-0.1, -0.05) is 6.07 Å². The SMILES string of the molecule is O=C(Cn1nc2n(c1=O)C(=O)N(c1ccc(F)cc1)C2)NCc1cccs1. The van der Waals surface area contributed by atoms with Gasteiger partial charge >= 0.3 is 11.7 Å². The molecule has 0 atom stereocenters. The smallest absolute Gasteiger partial charge is 0.350 e. The maximum absolute atomic E-state index is 13.1. The summed E-state index contributed by atoms with van der Waals surface area (Å²) < 4.78 is 15.0. The monoisotopic (exact) mass is 387 g/mol. The number of anilines is 1. The zero-order valence-electron chi connectivity index (χ0n) is 14.0. The van der Waals surface area contributed by atoms with Gasteiger partial charge in [0.1, 0.15) is 12.4 Å². The molecule has 0 spiro atoms. The first kappa shape index (κ1) is 17.2. The lowest BCUT2D eigenvalue weighted by atomic mass is 10.3. The second kappa shape index (κ2) is 6.80. The van der Waals surface area contributed by atoms with Crippen molar-refractivity contribution in [1.29, 1.82) is 0 Å². The molecule has 27 heavy (non-hydrogen) atoms. The summed E-state index contributed by atoms with van der Waals surface area (Å²) in [5, 5.41) is 8.71. The van der Waals surface area contributed by atoms with E-state index in [1.807, 2.05) is 17.5 Å². The number of nitrogens with zero attached hydrogens (tertiary/aromatic N) is 4. The summed E-state index contributed by atoms with van der Waals surface area (Å²) >= 11 is 1.52. The molecule has 0 saturated carbocycles. The fraction of sp³-hybridized carbons (Fsp3) is 0.176. The van der Waals surface area contributed by atoms with Gasteiger partial charge in [-0.2, -0.15) is 9.67 Å². The van der Waals surface area contributed by atoms with Crippen LogP contribution in [0.3, 0.4) is 0 Å². The Bertz CT molecular complexity index is 1060. The molecule has 3 aromatic rings. The molecule has 0 bridgehead atoms. The molecule has 0 radical (unpaired) electrons. The Morgan fingerprint density at radius 3 is 2.67 bits per heavy atom. The lowest BCUT2D eigenvalue weighted by Gasteiger charge is -2.14. The molecular weight excluding hydrogens is 373 g/mol. The molecule has 0 saturated heterocycles. The summed E-state index contributed by atoms with van der Waals surface area (Å²) in [4.78, 5) is 39.3. The molecule has 8 nitrogen and oxygen atoms in total. The van der Waals surface area contributed by atoms with Gasteiger partial charge in [-0.05, 0) is 35.7 Å². The number of fused-ring (bicyclic) bond motifs is 1. The van der Waals surface area contributed by atoms with Gasteiger partial charge in [0.2, 0.25) is 5.91 Å². The van der Waals surface area contributed by atoms with Gasteiger partial charge in [0, 0.05) is 10.6 Å². The Kier molecular flexibility index (Phi) is 4.32. The molecule has 4 rings (SSSR count). The van der Waals surface area contributed by atoms with Crippen LogP contribution >= 0.6 is 11.3 Å². The van der Waals surface area contributed by atoms with Crippen LogP contribution in [0.25, 0.3) is 0 Å². The highest BCUT2D eigenvalue weighted by molar-refractivity contribution is 7.09. The van der Waals surface area contributed by atoms with Gasteiger partial charge in [-0.25, -0.2) is 18.7 Å². The first-order valence-corrected chi connectivity index (χ1v) is 8.96. The minimum atomic E-state index is -0.675. The topological polar surface area (TPSA) is 89.2 Å². The van der Waals surface area contributed by atoms with Gasteiger partial charge in [0.05, 0.1) is 13.1 Å². The Labute approximate surface area is 156 Å². The first-order valence-electron chi connectivity index (χ1n) is 8.08. The number of aromatic nitrogens is 3. The Balaban J connectivity index is 1.47. The van der Waals surface area contributed by atoms with Crippen LogP contribution in [-0.4, -0.2) is 26.3 Å². The predicted octanol–water partition coefficient (Wildman–Crippen LogP) is 1.55. The van der Waals surface area contributed by atoms with Gasteiger partial charge in [-0.15, -0.1) is 11.3 Å². The van der Waals surface area contributed by atoms with Crippen molar-refractivity contribution in [3.8, 4) is 0 Å². The number of carbonyl (C=O) groups is 2. The second-order valence-electron chi connectivity index (χ2n) is 5.89. The number of nitrogens with one attached hydrogen (secondary N) is 1. The summed E-state index contributed by atoms with van der Waals surface area (Å²) in [6.45, 7) is 0.174. The Hall–Kier alpha value is -3.27. The second-order valence-corrected chi connectivity index (χ2v) is 6.93. The third-order valence-electron chi connectivity index (χ3n) is 4.10. The van der Waals surface area contributed by atoms with E-state index in [0.29, 0.717) is 12.2 Å². The number of hydrogen-bond acceptors (Lipinski definition) is 5. The van der Waals surface area contributed by atoms with Crippen molar-refractivity contribution >= 4 is 29.0 Å². The van der Waals surface area contributed by atoms with E-state index in [1.165, 1.54) is 40.5 Å². The molecule has 0 unspecified atom stereocenters. The largest absolute Gasteiger partial charge is 0.354 e. The van der Waals surface area contributed by atoms with E-state index in [-0.39, 0.29) is 24.8 Å². The number of hydrogen-bond donors (Lipinski definition) is 1. The molecule has 3 heterocycles. The van der Waals surface area contributed by atoms with Crippen LogP contribution in [-0.2, 0) is 24.4 Å². The van der Waals surface area contributed by atoms with Crippen LogP contribution in [0.1, 0.15) is 10.7 Å². The van der Waals surface area contributed by atoms with E-state index >= 15 is 0 Å². The Morgan fingerprint density at radius 2 is 2.00 bits per heavy atom. The average Bonchev–Trinajstić information content (AvgIpc) is 3.34.